The lowest BCUT2D eigenvalue weighted by molar-refractivity contribution is 0.598. The van der Waals surface area contributed by atoms with Crippen molar-refractivity contribution in [3.8, 4) is 0 Å². The Balaban J connectivity index is 1.64. The zero-order valence-electron chi connectivity index (χ0n) is 15.9. The summed E-state index contributed by atoms with van der Waals surface area (Å²) in [6.07, 6.45) is 0.436. The number of imidazole rings is 1. The Morgan fingerprint density at radius 3 is 2.63 bits per heavy atom. The van der Waals surface area contributed by atoms with Crippen LogP contribution in [0.1, 0.15) is 27.9 Å². The van der Waals surface area contributed by atoms with Gasteiger partial charge in [-0.3, -0.25) is 5.41 Å². The Bertz CT molecular complexity index is 1350. The summed E-state index contributed by atoms with van der Waals surface area (Å²) in [4.78, 5) is 13.0. The van der Waals surface area contributed by atoms with E-state index in [1.54, 1.807) is 18.2 Å². The molecule has 0 fully saturated rings. The lowest BCUT2D eigenvalue weighted by Gasteiger charge is -2.12. The summed E-state index contributed by atoms with van der Waals surface area (Å²) in [7, 11) is 0. The molecule has 5 nitrogen and oxygen atoms in total. The molecule has 0 saturated heterocycles. The fourth-order valence-electron chi connectivity index (χ4n) is 3.58. The van der Waals surface area contributed by atoms with Gasteiger partial charge in [-0.15, -0.1) is 11.3 Å². The largest absolute Gasteiger partial charge is 0.384 e. The quantitative estimate of drug-likeness (QED) is 0.280. The molecule has 0 spiro atoms. The number of hydrogen-bond donors (Lipinski definition) is 3. The molecule has 3 aromatic carbocycles. The van der Waals surface area contributed by atoms with Gasteiger partial charge in [-0.25, -0.2) is 14.4 Å². The first kappa shape index (κ1) is 18.4. The van der Waals surface area contributed by atoms with Gasteiger partial charge in [0.2, 0.25) is 0 Å². The number of fused-ring (bicyclic) bond motifs is 2. The average Bonchev–Trinajstić information content (AvgIpc) is 3.36. The van der Waals surface area contributed by atoms with Crippen LogP contribution in [0.4, 0.5) is 4.39 Å². The third-order valence-electron chi connectivity index (χ3n) is 5.13. The Morgan fingerprint density at radius 2 is 1.83 bits per heavy atom. The number of rotatable bonds is 5. The number of aromatic amines is 1. The van der Waals surface area contributed by atoms with E-state index in [9.17, 15) is 4.39 Å². The Kier molecular flexibility index (Phi) is 4.52. The van der Waals surface area contributed by atoms with Crippen molar-refractivity contribution in [1.29, 1.82) is 5.41 Å². The fourth-order valence-corrected chi connectivity index (χ4v) is 4.69. The van der Waals surface area contributed by atoms with Crippen molar-refractivity contribution < 1.29 is 4.39 Å². The van der Waals surface area contributed by atoms with E-state index in [-0.39, 0.29) is 17.6 Å². The van der Waals surface area contributed by atoms with Gasteiger partial charge in [-0.1, -0.05) is 30.3 Å². The van der Waals surface area contributed by atoms with Gasteiger partial charge in [0.15, 0.2) is 0 Å². The number of amidine groups is 1. The van der Waals surface area contributed by atoms with Crippen molar-refractivity contribution in [1.82, 2.24) is 15.0 Å². The summed E-state index contributed by atoms with van der Waals surface area (Å²) >= 11 is 1.52. The molecule has 1 atom stereocenters. The molecule has 0 saturated carbocycles. The first-order valence-corrected chi connectivity index (χ1v) is 10.3. The molecular formula is C23H18FN5S. The summed E-state index contributed by atoms with van der Waals surface area (Å²) in [5.74, 6) is 0.309. The fraction of sp³-hybridized carbons (Fsp3) is 0.0870. The highest BCUT2D eigenvalue weighted by molar-refractivity contribution is 7.18. The van der Waals surface area contributed by atoms with Crippen LogP contribution in [0.15, 0.2) is 66.7 Å². The number of aromatic nitrogens is 3. The number of nitrogens with two attached hydrogens (primary N) is 1. The van der Waals surface area contributed by atoms with Crippen molar-refractivity contribution in [3.63, 3.8) is 0 Å². The van der Waals surface area contributed by atoms with E-state index in [0.717, 1.165) is 32.1 Å². The van der Waals surface area contributed by atoms with E-state index in [1.807, 2.05) is 42.5 Å². The Morgan fingerprint density at radius 1 is 1.03 bits per heavy atom. The highest BCUT2D eigenvalue weighted by atomic mass is 32.1. The molecular weight excluding hydrogens is 397 g/mol. The van der Waals surface area contributed by atoms with Crippen molar-refractivity contribution in [2.24, 2.45) is 5.73 Å². The Labute approximate surface area is 175 Å². The molecule has 0 aliphatic carbocycles. The zero-order chi connectivity index (χ0) is 20.7. The number of thiazole rings is 1. The van der Waals surface area contributed by atoms with Crippen molar-refractivity contribution in [3.05, 3.63) is 94.5 Å². The maximum atomic E-state index is 14.4. The van der Waals surface area contributed by atoms with Crippen LogP contribution in [0.2, 0.25) is 0 Å². The maximum absolute atomic E-state index is 14.4. The molecule has 5 aromatic rings. The minimum Gasteiger partial charge on any atom is -0.384 e. The number of H-pyrrole nitrogens is 1. The van der Waals surface area contributed by atoms with Crippen molar-refractivity contribution >= 4 is 38.4 Å². The number of halogens is 1. The molecule has 7 heteroatoms. The van der Waals surface area contributed by atoms with E-state index in [0.29, 0.717) is 17.5 Å². The second-order valence-electron chi connectivity index (χ2n) is 7.14. The third-order valence-corrected chi connectivity index (χ3v) is 6.27. The predicted octanol–water partition coefficient (Wildman–Crippen LogP) is 4.97. The van der Waals surface area contributed by atoms with Crippen LogP contribution in [0.5, 0.6) is 0 Å². The molecule has 30 heavy (non-hydrogen) atoms. The molecule has 2 aromatic heterocycles. The van der Waals surface area contributed by atoms with Gasteiger partial charge in [0, 0.05) is 5.56 Å². The molecule has 2 heterocycles. The van der Waals surface area contributed by atoms with Gasteiger partial charge < -0.3 is 10.7 Å². The number of para-hydroxylation sites is 2. The molecule has 0 aliphatic rings. The lowest BCUT2D eigenvalue weighted by atomic mass is 9.98. The van der Waals surface area contributed by atoms with Crippen molar-refractivity contribution in [2.75, 3.05) is 0 Å². The highest BCUT2D eigenvalue weighted by Gasteiger charge is 2.24. The molecule has 148 valence electrons. The van der Waals surface area contributed by atoms with Gasteiger partial charge in [0.25, 0.3) is 0 Å². The number of hydrogen-bond acceptors (Lipinski definition) is 4. The van der Waals surface area contributed by atoms with Gasteiger partial charge in [0.1, 0.15) is 22.5 Å². The van der Waals surface area contributed by atoms with Crippen LogP contribution < -0.4 is 5.73 Å². The van der Waals surface area contributed by atoms with Crippen LogP contribution in [-0.4, -0.2) is 20.8 Å². The number of benzene rings is 3. The standard InChI is InChI=1S/C23H18FN5S/c24-16-6-2-1-5-13(16)11-15(22-27-17-7-3-4-8-18(17)28-22)23-29-19-10-9-14(21(25)26)12-20(19)30-23/h1-10,12,15H,11H2,(H3,25,26)(H,27,28). The SMILES string of the molecule is N=C(N)c1ccc2nc(C(Cc3ccccc3F)c3nc4ccccc4[nH]3)sc2c1. The number of nitrogens with one attached hydrogen (secondary N) is 2. The van der Waals surface area contributed by atoms with Gasteiger partial charge in [-0.2, -0.15) is 0 Å². The summed E-state index contributed by atoms with van der Waals surface area (Å²) in [5.41, 5.74) is 9.54. The number of nitrogen functional groups attached to an aromatic ring is 1. The normalized spacial score (nSPS) is 12.4. The molecule has 0 amide bonds. The Hall–Kier alpha value is -3.58. The van der Waals surface area contributed by atoms with Crippen LogP contribution in [0, 0.1) is 11.2 Å². The molecule has 5 rings (SSSR count). The van der Waals surface area contributed by atoms with E-state index >= 15 is 0 Å². The lowest BCUT2D eigenvalue weighted by Crippen LogP contribution is -2.10. The smallest absolute Gasteiger partial charge is 0.126 e. The minimum atomic E-state index is -0.237. The van der Waals surface area contributed by atoms with E-state index in [4.69, 9.17) is 21.1 Å². The van der Waals surface area contributed by atoms with Crippen LogP contribution >= 0.6 is 11.3 Å². The molecule has 0 aliphatic heterocycles. The highest BCUT2D eigenvalue weighted by Crippen LogP contribution is 2.34. The van der Waals surface area contributed by atoms with Crippen molar-refractivity contribution in [2.45, 2.75) is 12.3 Å². The summed E-state index contributed by atoms with van der Waals surface area (Å²) < 4.78 is 15.4. The molecule has 0 bridgehead atoms. The van der Waals surface area contributed by atoms with Gasteiger partial charge >= 0.3 is 0 Å². The second kappa shape index (κ2) is 7.35. The summed E-state index contributed by atoms with van der Waals surface area (Å²) in [6.45, 7) is 0. The van der Waals surface area contributed by atoms with Gasteiger partial charge in [0.05, 0.1) is 27.2 Å². The van der Waals surface area contributed by atoms with Gasteiger partial charge in [-0.05, 0) is 48.4 Å². The number of nitrogens with zero attached hydrogens (tertiary/aromatic N) is 2. The monoisotopic (exact) mass is 415 g/mol. The van der Waals surface area contributed by atoms with Crippen LogP contribution in [0.3, 0.4) is 0 Å². The molecule has 1 unspecified atom stereocenters. The van der Waals surface area contributed by atoms with E-state index in [2.05, 4.69) is 4.98 Å². The predicted molar refractivity (Wildman–Crippen MR) is 119 cm³/mol. The van der Waals surface area contributed by atoms with Crippen LogP contribution in [-0.2, 0) is 6.42 Å². The zero-order valence-corrected chi connectivity index (χ0v) is 16.7. The first-order chi connectivity index (χ1) is 14.6. The topological polar surface area (TPSA) is 91.4 Å². The summed E-state index contributed by atoms with van der Waals surface area (Å²) in [6, 6.07) is 20.2. The molecule has 0 radical (unpaired) electrons. The summed E-state index contributed by atoms with van der Waals surface area (Å²) in [5, 5.41) is 8.52. The minimum absolute atomic E-state index is 0.0204. The maximum Gasteiger partial charge on any atom is 0.126 e. The van der Waals surface area contributed by atoms with E-state index in [1.165, 1.54) is 17.4 Å². The molecule has 4 N–H and O–H groups in total. The van der Waals surface area contributed by atoms with Crippen LogP contribution in [0.25, 0.3) is 21.3 Å². The van der Waals surface area contributed by atoms with E-state index < -0.39 is 0 Å². The second-order valence-corrected chi connectivity index (χ2v) is 8.20. The first-order valence-electron chi connectivity index (χ1n) is 9.51. The third kappa shape index (κ3) is 3.33. The average molecular weight is 415 g/mol.